The Morgan fingerprint density at radius 2 is 1.66 bits per heavy atom. The van der Waals surface area contributed by atoms with Crippen LogP contribution in [0.3, 0.4) is 0 Å². The second kappa shape index (κ2) is 9.26. The molecular formula is C27H24N6O2. The van der Waals surface area contributed by atoms with Crippen LogP contribution in [0.15, 0.2) is 79.0 Å². The molecule has 35 heavy (non-hydrogen) atoms. The molecule has 0 saturated carbocycles. The summed E-state index contributed by atoms with van der Waals surface area (Å²) in [5.41, 5.74) is 6.13. The van der Waals surface area contributed by atoms with Crippen LogP contribution in [-0.2, 0) is 11.2 Å². The van der Waals surface area contributed by atoms with E-state index >= 15 is 0 Å². The fourth-order valence-electron chi connectivity index (χ4n) is 3.88. The fraction of sp³-hybridized carbons (Fsp3) is 0.111. The first-order chi connectivity index (χ1) is 17.0. The van der Waals surface area contributed by atoms with Crippen LogP contribution in [0.5, 0.6) is 0 Å². The number of carbonyl (C=O) groups is 2. The van der Waals surface area contributed by atoms with Crippen LogP contribution in [0.25, 0.3) is 11.3 Å². The lowest BCUT2D eigenvalue weighted by atomic mass is 10.1. The van der Waals surface area contributed by atoms with Crippen molar-refractivity contribution < 1.29 is 9.59 Å². The van der Waals surface area contributed by atoms with E-state index in [-0.39, 0.29) is 18.2 Å². The van der Waals surface area contributed by atoms with Gasteiger partial charge in [-0.2, -0.15) is 0 Å². The lowest BCUT2D eigenvalue weighted by Crippen LogP contribution is -2.13. The van der Waals surface area contributed by atoms with Crippen molar-refractivity contribution in [3.8, 4) is 11.3 Å². The molecule has 174 valence electrons. The number of benzene rings is 3. The van der Waals surface area contributed by atoms with Gasteiger partial charge < -0.3 is 20.9 Å². The molecule has 0 radical (unpaired) electrons. The highest BCUT2D eigenvalue weighted by Gasteiger charge is 2.20. The first kappa shape index (κ1) is 22.1. The number of amides is 2. The summed E-state index contributed by atoms with van der Waals surface area (Å²) >= 11 is 0. The van der Waals surface area contributed by atoms with E-state index < -0.39 is 0 Å². The van der Waals surface area contributed by atoms with Gasteiger partial charge >= 0.3 is 0 Å². The van der Waals surface area contributed by atoms with Gasteiger partial charge in [0, 0.05) is 54.0 Å². The molecule has 0 spiro atoms. The van der Waals surface area contributed by atoms with Crippen LogP contribution in [-0.4, -0.2) is 35.9 Å². The number of para-hydroxylation sites is 1. The van der Waals surface area contributed by atoms with Gasteiger partial charge in [0.2, 0.25) is 11.9 Å². The highest BCUT2D eigenvalue weighted by atomic mass is 16.2. The quantitative estimate of drug-likeness (QED) is 0.396. The van der Waals surface area contributed by atoms with E-state index in [2.05, 4.69) is 25.9 Å². The van der Waals surface area contributed by atoms with Crippen molar-refractivity contribution in [3.63, 3.8) is 0 Å². The number of anilines is 5. The van der Waals surface area contributed by atoms with Gasteiger partial charge in [-0.1, -0.05) is 18.2 Å². The molecule has 0 bridgehead atoms. The molecule has 3 aromatic carbocycles. The summed E-state index contributed by atoms with van der Waals surface area (Å²) in [4.78, 5) is 35.9. The highest BCUT2D eigenvalue weighted by Crippen LogP contribution is 2.32. The van der Waals surface area contributed by atoms with E-state index in [4.69, 9.17) is 0 Å². The Kier molecular flexibility index (Phi) is 5.85. The van der Waals surface area contributed by atoms with Gasteiger partial charge in [-0.15, -0.1) is 0 Å². The number of nitrogens with zero attached hydrogens (tertiary/aromatic N) is 3. The average molecular weight is 465 g/mol. The summed E-state index contributed by atoms with van der Waals surface area (Å²) in [6.45, 7) is 0. The van der Waals surface area contributed by atoms with Crippen LogP contribution >= 0.6 is 0 Å². The predicted molar refractivity (Wildman–Crippen MR) is 138 cm³/mol. The van der Waals surface area contributed by atoms with Gasteiger partial charge in [-0.05, 0) is 54.6 Å². The third-order valence-electron chi connectivity index (χ3n) is 5.72. The monoisotopic (exact) mass is 464 g/mol. The van der Waals surface area contributed by atoms with E-state index in [1.54, 1.807) is 30.5 Å². The molecule has 1 aliphatic rings. The van der Waals surface area contributed by atoms with E-state index in [1.165, 1.54) is 0 Å². The van der Waals surface area contributed by atoms with Gasteiger partial charge in [-0.3, -0.25) is 9.59 Å². The Labute approximate surface area is 203 Å². The molecule has 0 unspecified atom stereocenters. The van der Waals surface area contributed by atoms with Gasteiger partial charge in [0.1, 0.15) is 0 Å². The zero-order valence-corrected chi connectivity index (χ0v) is 19.4. The van der Waals surface area contributed by atoms with Crippen molar-refractivity contribution in [1.82, 2.24) is 9.97 Å². The van der Waals surface area contributed by atoms with E-state index in [0.717, 1.165) is 33.9 Å². The molecule has 3 N–H and O–H groups in total. The summed E-state index contributed by atoms with van der Waals surface area (Å²) in [5.74, 6) is 0.123. The third kappa shape index (κ3) is 4.81. The maximum atomic E-state index is 12.6. The van der Waals surface area contributed by atoms with Gasteiger partial charge in [0.15, 0.2) is 0 Å². The molecule has 8 nitrogen and oxygen atoms in total. The first-order valence-corrected chi connectivity index (χ1v) is 11.2. The van der Waals surface area contributed by atoms with Gasteiger partial charge in [0.25, 0.3) is 5.91 Å². The second-order valence-electron chi connectivity index (χ2n) is 8.44. The minimum Gasteiger partial charge on any atom is -0.378 e. The molecule has 0 saturated heterocycles. The van der Waals surface area contributed by atoms with Crippen LogP contribution in [0, 0.1) is 0 Å². The lowest BCUT2D eigenvalue weighted by Gasteiger charge is -2.13. The van der Waals surface area contributed by atoms with Crippen molar-refractivity contribution in [2.75, 3.05) is 34.9 Å². The Balaban J connectivity index is 1.31. The summed E-state index contributed by atoms with van der Waals surface area (Å²) in [6, 6.07) is 22.3. The Morgan fingerprint density at radius 1 is 0.943 bits per heavy atom. The van der Waals surface area contributed by atoms with Gasteiger partial charge in [-0.25, -0.2) is 9.97 Å². The zero-order chi connectivity index (χ0) is 24.4. The minimum absolute atomic E-state index is 0.0944. The minimum atomic E-state index is -0.191. The number of carbonyl (C=O) groups excluding carboxylic acids is 2. The largest absolute Gasteiger partial charge is 0.378 e. The maximum absolute atomic E-state index is 12.6. The third-order valence-corrected chi connectivity index (χ3v) is 5.72. The zero-order valence-electron chi connectivity index (χ0n) is 19.4. The number of aromatic nitrogens is 2. The molecule has 2 heterocycles. The number of hydrogen-bond donors (Lipinski definition) is 3. The van der Waals surface area contributed by atoms with Crippen LogP contribution in [0.2, 0.25) is 0 Å². The Morgan fingerprint density at radius 3 is 2.40 bits per heavy atom. The summed E-state index contributed by atoms with van der Waals surface area (Å²) in [5, 5.41) is 9.01. The SMILES string of the molecule is CN(C)c1ccc(NC(=O)c2ccc(Nc3ncc4c(n3)-c3ccccc3NC(=O)C4)cc2)cc1. The van der Waals surface area contributed by atoms with Gasteiger partial charge in [0.05, 0.1) is 17.8 Å². The molecule has 0 fully saturated rings. The summed E-state index contributed by atoms with van der Waals surface area (Å²) in [7, 11) is 3.94. The van der Waals surface area contributed by atoms with Crippen molar-refractivity contribution in [3.05, 3.63) is 90.1 Å². The molecule has 4 aromatic rings. The highest BCUT2D eigenvalue weighted by molar-refractivity contribution is 6.04. The molecular weight excluding hydrogens is 440 g/mol. The van der Waals surface area contributed by atoms with E-state index in [9.17, 15) is 9.59 Å². The molecule has 0 atom stereocenters. The number of fused-ring (bicyclic) bond motifs is 3. The molecule has 1 aliphatic heterocycles. The Hall–Kier alpha value is -4.72. The normalized spacial score (nSPS) is 12.0. The van der Waals surface area contributed by atoms with Crippen LogP contribution in [0.4, 0.5) is 28.7 Å². The summed E-state index contributed by atoms with van der Waals surface area (Å²) < 4.78 is 0. The smallest absolute Gasteiger partial charge is 0.255 e. The molecule has 0 aliphatic carbocycles. The second-order valence-corrected chi connectivity index (χ2v) is 8.44. The summed E-state index contributed by atoms with van der Waals surface area (Å²) in [6.07, 6.45) is 1.89. The number of rotatable bonds is 5. The topological polar surface area (TPSA) is 99.2 Å². The van der Waals surface area contributed by atoms with Crippen LogP contribution in [0.1, 0.15) is 15.9 Å². The maximum Gasteiger partial charge on any atom is 0.255 e. The first-order valence-electron chi connectivity index (χ1n) is 11.2. The van der Waals surface area contributed by atoms with Crippen molar-refractivity contribution in [1.29, 1.82) is 0 Å². The Bertz CT molecular complexity index is 1400. The standard InChI is InChI=1S/C27H24N6O2/c1-33(2)21-13-11-19(12-14-21)29-26(35)17-7-9-20(10-8-17)30-27-28-16-18-15-24(34)31-23-6-4-3-5-22(23)25(18)32-27/h3-14,16H,15H2,1-2H3,(H,29,35)(H,31,34)(H,28,30,32). The van der Waals surface area contributed by atoms with E-state index in [1.807, 2.05) is 67.5 Å². The fourth-order valence-corrected chi connectivity index (χ4v) is 3.88. The molecule has 1 aromatic heterocycles. The van der Waals surface area contributed by atoms with Crippen molar-refractivity contribution >= 4 is 40.5 Å². The molecule has 8 heteroatoms. The predicted octanol–water partition coefficient (Wildman–Crippen LogP) is 4.70. The van der Waals surface area contributed by atoms with Crippen molar-refractivity contribution in [2.24, 2.45) is 0 Å². The number of nitrogens with one attached hydrogen (secondary N) is 3. The molecule has 5 rings (SSSR count). The number of hydrogen-bond acceptors (Lipinski definition) is 6. The molecule has 2 amide bonds. The average Bonchev–Trinajstić information content (AvgIpc) is 3.00. The van der Waals surface area contributed by atoms with Crippen molar-refractivity contribution in [2.45, 2.75) is 6.42 Å². The van der Waals surface area contributed by atoms with E-state index in [0.29, 0.717) is 17.2 Å². The van der Waals surface area contributed by atoms with Crippen LogP contribution < -0.4 is 20.9 Å². The lowest BCUT2D eigenvalue weighted by molar-refractivity contribution is -0.115.